The van der Waals surface area contributed by atoms with Crippen LogP contribution in [0.3, 0.4) is 0 Å². The first kappa shape index (κ1) is 23.5. The highest BCUT2D eigenvalue weighted by molar-refractivity contribution is 5.80. The molecule has 0 radical (unpaired) electrons. The highest BCUT2D eigenvalue weighted by atomic mass is 19.4. The van der Waals surface area contributed by atoms with E-state index in [9.17, 15) is 13.2 Å². The molecule has 0 bridgehead atoms. The van der Waals surface area contributed by atoms with E-state index in [1.54, 1.807) is 14.0 Å². The quantitative estimate of drug-likeness (QED) is 0.523. The van der Waals surface area contributed by atoms with Crippen molar-refractivity contribution in [1.82, 2.24) is 24.9 Å². The summed E-state index contributed by atoms with van der Waals surface area (Å²) in [6.07, 6.45) is -1.48. The minimum Gasteiger partial charge on any atom is -0.352 e. The van der Waals surface area contributed by atoms with Gasteiger partial charge in [0, 0.05) is 51.5 Å². The van der Waals surface area contributed by atoms with Crippen LogP contribution in [0.15, 0.2) is 4.99 Å². The fourth-order valence-corrected chi connectivity index (χ4v) is 4.19. The normalized spacial score (nSPS) is 18.2. The Morgan fingerprint density at radius 2 is 2.00 bits per heavy atom. The SMILES string of the molecule is CCc1nn(C)c(CC)c1CNC(=NC)N1CCC(CN(CC)CC(F)(F)F)C1. The lowest BCUT2D eigenvalue weighted by atomic mass is 10.1. The van der Waals surface area contributed by atoms with E-state index in [0.717, 1.165) is 44.0 Å². The number of guanidine groups is 1. The van der Waals surface area contributed by atoms with Crippen LogP contribution >= 0.6 is 0 Å². The van der Waals surface area contributed by atoms with E-state index in [1.807, 2.05) is 11.7 Å². The minimum absolute atomic E-state index is 0.214. The molecule has 0 saturated carbocycles. The summed E-state index contributed by atoms with van der Waals surface area (Å²) in [7, 11) is 3.73. The fraction of sp³-hybridized carbons (Fsp3) is 0.800. The van der Waals surface area contributed by atoms with Crippen LogP contribution in [0.1, 0.15) is 44.1 Å². The first-order valence-electron chi connectivity index (χ1n) is 10.5. The first-order chi connectivity index (χ1) is 13.7. The van der Waals surface area contributed by atoms with Crippen LogP contribution in [-0.2, 0) is 26.4 Å². The summed E-state index contributed by atoms with van der Waals surface area (Å²) in [6, 6.07) is 0. The monoisotopic (exact) mass is 416 g/mol. The molecule has 29 heavy (non-hydrogen) atoms. The molecule has 1 unspecified atom stereocenters. The Bertz CT molecular complexity index is 682. The molecule has 9 heteroatoms. The minimum atomic E-state index is -4.15. The summed E-state index contributed by atoms with van der Waals surface area (Å²) >= 11 is 0. The van der Waals surface area contributed by atoms with Gasteiger partial charge in [0.2, 0.25) is 0 Å². The molecule has 166 valence electrons. The summed E-state index contributed by atoms with van der Waals surface area (Å²) in [5.74, 6) is 1.02. The zero-order chi connectivity index (χ0) is 21.6. The predicted molar refractivity (Wildman–Crippen MR) is 110 cm³/mol. The van der Waals surface area contributed by atoms with Crippen molar-refractivity contribution in [2.24, 2.45) is 18.0 Å². The fourth-order valence-electron chi connectivity index (χ4n) is 4.19. The van der Waals surface area contributed by atoms with Crippen LogP contribution in [0.25, 0.3) is 0 Å². The van der Waals surface area contributed by atoms with Crippen molar-refractivity contribution in [2.45, 2.75) is 52.8 Å². The van der Waals surface area contributed by atoms with E-state index in [4.69, 9.17) is 0 Å². The summed E-state index contributed by atoms with van der Waals surface area (Å²) in [6.45, 7) is 8.23. The third-order valence-corrected chi connectivity index (χ3v) is 5.61. The zero-order valence-corrected chi connectivity index (χ0v) is 18.3. The highest BCUT2D eigenvalue weighted by Gasteiger charge is 2.33. The average molecular weight is 417 g/mol. The Morgan fingerprint density at radius 1 is 1.28 bits per heavy atom. The molecule has 0 aliphatic carbocycles. The lowest BCUT2D eigenvalue weighted by Gasteiger charge is -2.26. The first-order valence-corrected chi connectivity index (χ1v) is 10.5. The van der Waals surface area contributed by atoms with Crippen LogP contribution < -0.4 is 5.32 Å². The molecular weight excluding hydrogens is 381 g/mol. The van der Waals surface area contributed by atoms with Crippen molar-refractivity contribution in [3.63, 3.8) is 0 Å². The molecule has 1 fully saturated rings. The van der Waals surface area contributed by atoms with Crippen molar-refractivity contribution < 1.29 is 13.2 Å². The second-order valence-corrected chi connectivity index (χ2v) is 7.65. The van der Waals surface area contributed by atoms with Gasteiger partial charge in [0.15, 0.2) is 5.96 Å². The smallest absolute Gasteiger partial charge is 0.352 e. The van der Waals surface area contributed by atoms with E-state index < -0.39 is 12.7 Å². The molecule has 6 nitrogen and oxygen atoms in total. The summed E-state index contributed by atoms with van der Waals surface area (Å²) in [5, 5.41) is 8.06. The summed E-state index contributed by atoms with van der Waals surface area (Å²) in [4.78, 5) is 8.05. The Labute approximate surface area is 172 Å². The molecule has 1 aliphatic rings. The molecule has 1 N–H and O–H groups in total. The second-order valence-electron chi connectivity index (χ2n) is 7.65. The largest absolute Gasteiger partial charge is 0.401 e. The van der Waals surface area contributed by atoms with Gasteiger partial charge in [-0.1, -0.05) is 20.8 Å². The number of nitrogens with one attached hydrogen (secondary N) is 1. The van der Waals surface area contributed by atoms with Gasteiger partial charge in [-0.2, -0.15) is 18.3 Å². The molecule has 1 aromatic rings. The number of likely N-dealkylation sites (tertiary alicyclic amines) is 1. The molecular formula is C20H35F3N6. The van der Waals surface area contributed by atoms with Crippen LogP contribution in [-0.4, -0.2) is 71.5 Å². The molecule has 1 aromatic heterocycles. The van der Waals surface area contributed by atoms with E-state index in [1.165, 1.54) is 16.2 Å². The zero-order valence-electron chi connectivity index (χ0n) is 18.3. The molecule has 1 aliphatic heterocycles. The lowest BCUT2D eigenvalue weighted by molar-refractivity contribution is -0.146. The van der Waals surface area contributed by atoms with Crippen molar-refractivity contribution in [3.8, 4) is 0 Å². The second kappa shape index (κ2) is 10.3. The van der Waals surface area contributed by atoms with Gasteiger partial charge in [-0.05, 0) is 31.7 Å². The maximum atomic E-state index is 12.7. The van der Waals surface area contributed by atoms with E-state index in [0.29, 0.717) is 19.6 Å². The standard InChI is InChI=1S/C20H35F3N6/c1-6-17-16(18(7-2)27(5)26-17)11-25-19(24-4)29-10-9-15(13-29)12-28(8-3)14-20(21,22)23/h15H,6-14H2,1-5H3,(H,24,25). The Morgan fingerprint density at radius 3 is 2.55 bits per heavy atom. The van der Waals surface area contributed by atoms with Gasteiger partial charge in [0.25, 0.3) is 0 Å². The van der Waals surface area contributed by atoms with E-state index in [-0.39, 0.29) is 5.92 Å². The number of aliphatic imine (C=N–C) groups is 1. The number of alkyl halides is 3. The van der Waals surface area contributed by atoms with Gasteiger partial charge < -0.3 is 10.2 Å². The Hall–Kier alpha value is -1.77. The van der Waals surface area contributed by atoms with Gasteiger partial charge in [-0.3, -0.25) is 14.6 Å². The topological polar surface area (TPSA) is 48.7 Å². The number of hydrogen-bond acceptors (Lipinski definition) is 3. The predicted octanol–water partition coefficient (Wildman–Crippen LogP) is 2.83. The van der Waals surface area contributed by atoms with Crippen molar-refractivity contribution in [1.29, 1.82) is 0 Å². The molecule has 0 spiro atoms. The number of hydrogen-bond donors (Lipinski definition) is 1. The third-order valence-electron chi connectivity index (χ3n) is 5.61. The van der Waals surface area contributed by atoms with Crippen molar-refractivity contribution >= 4 is 5.96 Å². The van der Waals surface area contributed by atoms with Gasteiger partial charge in [-0.25, -0.2) is 0 Å². The molecule has 2 heterocycles. The molecule has 0 aromatic carbocycles. The summed E-state index contributed by atoms with van der Waals surface area (Å²) < 4.78 is 40.1. The van der Waals surface area contributed by atoms with Gasteiger partial charge in [0.05, 0.1) is 12.2 Å². The lowest BCUT2D eigenvalue weighted by Crippen LogP contribution is -2.41. The molecule has 1 atom stereocenters. The maximum Gasteiger partial charge on any atom is 0.401 e. The Kier molecular flexibility index (Phi) is 8.36. The van der Waals surface area contributed by atoms with Crippen LogP contribution in [0.5, 0.6) is 0 Å². The number of halogens is 3. The van der Waals surface area contributed by atoms with E-state index >= 15 is 0 Å². The maximum absolute atomic E-state index is 12.7. The van der Waals surface area contributed by atoms with Gasteiger partial charge in [0.1, 0.15) is 0 Å². The number of nitrogens with zero attached hydrogens (tertiary/aromatic N) is 5. The van der Waals surface area contributed by atoms with Crippen LogP contribution in [0, 0.1) is 5.92 Å². The summed E-state index contributed by atoms with van der Waals surface area (Å²) in [5.41, 5.74) is 3.53. The van der Waals surface area contributed by atoms with Crippen molar-refractivity contribution in [3.05, 3.63) is 17.0 Å². The highest BCUT2D eigenvalue weighted by Crippen LogP contribution is 2.22. The molecule has 2 rings (SSSR count). The van der Waals surface area contributed by atoms with Crippen LogP contribution in [0.2, 0.25) is 0 Å². The third kappa shape index (κ3) is 6.35. The number of aryl methyl sites for hydroxylation is 2. The van der Waals surface area contributed by atoms with Gasteiger partial charge in [-0.15, -0.1) is 0 Å². The van der Waals surface area contributed by atoms with E-state index in [2.05, 4.69) is 34.2 Å². The molecule has 1 saturated heterocycles. The van der Waals surface area contributed by atoms with Crippen molar-refractivity contribution in [2.75, 3.05) is 39.8 Å². The number of rotatable bonds is 8. The van der Waals surface area contributed by atoms with Crippen LogP contribution in [0.4, 0.5) is 13.2 Å². The molecule has 0 amide bonds. The Balaban J connectivity index is 1.95. The number of aromatic nitrogens is 2. The van der Waals surface area contributed by atoms with Gasteiger partial charge >= 0.3 is 6.18 Å². The average Bonchev–Trinajstić information content (AvgIpc) is 3.24.